The molecule has 5 nitrogen and oxygen atoms in total. The number of methoxy groups -OCH3 is 1. The molecule has 5 heteroatoms. The van der Waals surface area contributed by atoms with Gasteiger partial charge < -0.3 is 9.47 Å². The molecule has 0 aromatic heterocycles. The van der Waals surface area contributed by atoms with Crippen molar-refractivity contribution in [1.82, 2.24) is 10.3 Å². The first kappa shape index (κ1) is 14.9. The van der Waals surface area contributed by atoms with Crippen LogP contribution >= 0.6 is 0 Å². The van der Waals surface area contributed by atoms with Crippen LogP contribution < -0.4 is 11.3 Å². The highest BCUT2D eigenvalue weighted by Crippen LogP contribution is 2.17. The maximum Gasteiger partial charge on any atom is 0.0871 e. The van der Waals surface area contributed by atoms with Gasteiger partial charge >= 0.3 is 0 Å². The lowest BCUT2D eigenvalue weighted by Crippen LogP contribution is -2.56. The summed E-state index contributed by atoms with van der Waals surface area (Å²) >= 11 is 0. The Morgan fingerprint density at radius 1 is 1.59 bits per heavy atom. The molecule has 0 aliphatic carbocycles. The van der Waals surface area contributed by atoms with E-state index in [1.807, 2.05) is 0 Å². The van der Waals surface area contributed by atoms with Crippen molar-refractivity contribution in [2.45, 2.75) is 32.4 Å². The van der Waals surface area contributed by atoms with E-state index in [1.54, 1.807) is 7.11 Å². The lowest BCUT2D eigenvalue weighted by Gasteiger charge is -2.38. The van der Waals surface area contributed by atoms with E-state index in [1.165, 1.54) is 0 Å². The van der Waals surface area contributed by atoms with Crippen LogP contribution in [0.5, 0.6) is 0 Å². The van der Waals surface area contributed by atoms with Crippen molar-refractivity contribution in [3.8, 4) is 0 Å². The first-order valence-electron chi connectivity index (χ1n) is 6.51. The van der Waals surface area contributed by atoms with Gasteiger partial charge in [-0.2, -0.15) is 0 Å². The Labute approximate surface area is 105 Å². The van der Waals surface area contributed by atoms with Gasteiger partial charge in [-0.15, -0.1) is 0 Å². The minimum atomic E-state index is 0.181. The number of morpholine rings is 1. The summed E-state index contributed by atoms with van der Waals surface area (Å²) in [6.07, 6.45) is 1.18. The zero-order valence-corrected chi connectivity index (χ0v) is 11.3. The van der Waals surface area contributed by atoms with Crippen LogP contribution in [0.2, 0.25) is 0 Å². The summed E-state index contributed by atoms with van der Waals surface area (Å²) in [5, 5.41) is 0. The van der Waals surface area contributed by atoms with Gasteiger partial charge in [0, 0.05) is 26.8 Å². The number of ether oxygens (including phenoxy) is 2. The predicted molar refractivity (Wildman–Crippen MR) is 68.6 cm³/mol. The standard InChI is InChI=1S/C12H27N3O2/c1-4-15-6-8-17-11(9-15)12(14-13)10(2)5-7-16-3/h10-12,14H,4-9,13H2,1-3H3. The molecule has 0 spiro atoms. The van der Waals surface area contributed by atoms with E-state index in [4.69, 9.17) is 15.3 Å². The second-order valence-electron chi connectivity index (χ2n) is 4.75. The fraction of sp³-hybridized carbons (Fsp3) is 1.00. The van der Waals surface area contributed by atoms with Gasteiger partial charge in [0.1, 0.15) is 0 Å². The summed E-state index contributed by atoms with van der Waals surface area (Å²) in [5.41, 5.74) is 2.92. The molecule has 1 rings (SSSR count). The third kappa shape index (κ3) is 4.52. The highest BCUT2D eigenvalue weighted by atomic mass is 16.5. The van der Waals surface area contributed by atoms with Crippen LogP contribution in [0.3, 0.4) is 0 Å². The smallest absolute Gasteiger partial charge is 0.0871 e. The van der Waals surface area contributed by atoms with Crippen molar-refractivity contribution < 1.29 is 9.47 Å². The number of hydrogen-bond donors (Lipinski definition) is 2. The zero-order valence-electron chi connectivity index (χ0n) is 11.3. The summed E-state index contributed by atoms with van der Waals surface area (Å²) < 4.78 is 11.0. The summed E-state index contributed by atoms with van der Waals surface area (Å²) in [7, 11) is 1.73. The number of rotatable bonds is 7. The third-order valence-electron chi connectivity index (χ3n) is 3.61. The molecule has 0 aromatic carbocycles. The van der Waals surface area contributed by atoms with E-state index < -0.39 is 0 Å². The Hall–Kier alpha value is -0.200. The van der Waals surface area contributed by atoms with Crippen molar-refractivity contribution in [1.29, 1.82) is 0 Å². The molecule has 0 bridgehead atoms. The SMILES string of the molecule is CCN1CCOC(C(NN)C(C)CCOC)C1. The molecule has 3 N–H and O–H groups in total. The number of nitrogens with zero attached hydrogens (tertiary/aromatic N) is 1. The summed E-state index contributed by atoms with van der Waals surface area (Å²) in [6.45, 7) is 9.00. The molecular formula is C12H27N3O2. The fourth-order valence-electron chi connectivity index (χ4n) is 2.36. The molecule has 0 saturated carbocycles. The van der Waals surface area contributed by atoms with Crippen molar-refractivity contribution in [2.24, 2.45) is 11.8 Å². The summed E-state index contributed by atoms with van der Waals surface area (Å²) in [6, 6.07) is 0.194. The van der Waals surface area contributed by atoms with E-state index >= 15 is 0 Å². The second kappa shape index (κ2) is 8.00. The normalized spacial score (nSPS) is 25.8. The Bertz CT molecular complexity index is 204. The van der Waals surface area contributed by atoms with Crippen LogP contribution in [0.25, 0.3) is 0 Å². The van der Waals surface area contributed by atoms with Gasteiger partial charge in [0.25, 0.3) is 0 Å². The molecule has 0 amide bonds. The van der Waals surface area contributed by atoms with Gasteiger partial charge in [0.05, 0.1) is 18.8 Å². The molecule has 17 heavy (non-hydrogen) atoms. The van der Waals surface area contributed by atoms with Crippen LogP contribution in [0, 0.1) is 5.92 Å². The van der Waals surface area contributed by atoms with Gasteiger partial charge in [-0.25, -0.2) is 0 Å². The summed E-state index contributed by atoms with van der Waals surface area (Å²) in [4.78, 5) is 2.40. The molecule has 0 aromatic rings. The Morgan fingerprint density at radius 3 is 2.94 bits per heavy atom. The lowest BCUT2D eigenvalue weighted by molar-refractivity contribution is -0.0556. The average molecular weight is 245 g/mol. The number of hydrogen-bond acceptors (Lipinski definition) is 5. The van der Waals surface area contributed by atoms with Gasteiger partial charge in [-0.1, -0.05) is 13.8 Å². The maximum atomic E-state index is 5.84. The van der Waals surface area contributed by atoms with Crippen LogP contribution in [-0.4, -0.2) is 57.0 Å². The summed E-state index contributed by atoms with van der Waals surface area (Å²) in [5.74, 6) is 6.12. The molecule has 1 heterocycles. The monoisotopic (exact) mass is 245 g/mol. The predicted octanol–water partition coefficient (Wildman–Crippen LogP) is 0.212. The minimum absolute atomic E-state index is 0.181. The van der Waals surface area contributed by atoms with Crippen LogP contribution in [0.4, 0.5) is 0 Å². The quantitative estimate of drug-likeness (QED) is 0.496. The van der Waals surface area contributed by atoms with Crippen molar-refractivity contribution in [3.05, 3.63) is 0 Å². The molecule has 1 fully saturated rings. The van der Waals surface area contributed by atoms with Crippen molar-refractivity contribution in [3.63, 3.8) is 0 Å². The molecule has 1 saturated heterocycles. The zero-order chi connectivity index (χ0) is 12.7. The molecule has 1 aliphatic rings. The van der Waals surface area contributed by atoms with E-state index in [2.05, 4.69) is 24.2 Å². The molecule has 3 unspecified atom stereocenters. The van der Waals surface area contributed by atoms with Gasteiger partial charge in [0.2, 0.25) is 0 Å². The molecule has 102 valence electrons. The van der Waals surface area contributed by atoms with Crippen LogP contribution in [-0.2, 0) is 9.47 Å². The Kier molecular flexibility index (Phi) is 6.99. The molecule has 1 aliphatic heterocycles. The van der Waals surface area contributed by atoms with Gasteiger partial charge in [-0.05, 0) is 18.9 Å². The second-order valence-corrected chi connectivity index (χ2v) is 4.75. The number of nitrogens with two attached hydrogens (primary N) is 1. The lowest BCUT2D eigenvalue weighted by atomic mass is 9.93. The average Bonchev–Trinajstić information content (AvgIpc) is 2.37. The van der Waals surface area contributed by atoms with Crippen molar-refractivity contribution >= 4 is 0 Å². The highest BCUT2D eigenvalue weighted by Gasteiger charge is 2.30. The first-order valence-corrected chi connectivity index (χ1v) is 6.51. The molecule has 3 atom stereocenters. The topological polar surface area (TPSA) is 59.8 Å². The van der Waals surface area contributed by atoms with Gasteiger partial charge in [-0.3, -0.25) is 16.2 Å². The van der Waals surface area contributed by atoms with E-state index in [9.17, 15) is 0 Å². The first-order chi connectivity index (χ1) is 8.22. The largest absolute Gasteiger partial charge is 0.385 e. The van der Waals surface area contributed by atoms with Crippen LogP contribution in [0.1, 0.15) is 20.3 Å². The maximum absolute atomic E-state index is 5.84. The van der Waals surface area contributed by atoms with E-state index in [0.717, 1.165) is 39.3 Å². The number of likely N-dealkylation sites (N-methyl/N-ethyl adjacent to an activating group) is 1. The minimum Gasteiger partial charge on any atom is -0.385 e. The van der Waals surface area contributed by atoms with E-state index in [0.29, 0.717) is 5.92 Å². The fourth-order valence-corrected chi connectivity index (χ4v) is 2.36. The third-order valence-corrected chi connectivity index (χ3v) is 3.61. The van der Waals surface area contributed by atoms with E-state index in [-0.39, 0.29) is 12.1 Å². The Balaban J connectivity index is 2.47. The van der Waals surface area contributed by atoms with Crippen LogP contribution in [0.15, 0.2) is 0 Å². The highest BCUT2D eigenvalue weighted by molar-refractivity contribution is 4.85. The molecule has 0 radical (unpaired) electrons. The van der Waals surface area contributed by atoms with Gasteiger partial charge in [0.15, 0.2) is 0 Å². The number of nitrogens with one attached hydrogen (secondary N) is 1. The van der Waals surface area contributed by atoms with Crippen molar-refractivity contribution in [2.75, 3.05) is 40.0 Å². The molecular weight excluding hydrogens is 218 g/mol. The Morgan fingerprint density at radius 2 is 2.35 bits per heavy atom. The number of hydrazine groups is 1.